The molecule has 0 N–H and O–H groups in total. The largest absolute Gasteiger partial charge is 0.573 e. The van der Waals surface area contributed by atoms with Gasteiger partial charge >= 0.3 is 18.3 Å². The fraction of sp³-hybridized carbons (Fsp3) is 0.207. The van der Waals surface area contributed by atoms with Crippen molar-refractivity contribution in [2.75, 3.05) is 6.79 Å². The van der Waals surface area contributed by atoms with E-state index in [1.165, 1.54) is 0 Å². The average Bonchev–Trinajstić information content (AvgIpc) is 3.26. The molecule has 10 heteroatoms. The lowest BCUT2D eigenvalue weighted by atomic mass is 9.86. The summed E-state index contributed by atoms with van der Waals surface area (Å²) in [5.41, 5.74) is 3.07. The van der Waals surface area contributed by atoms with Crippen molar-refractivity contribution in [1.82, 2.24) is 4.57 Å². The topological polar surface area (TPSA) is 83.8 Å². The first-order valence-corrected chi connectivity index (χ1v) is 12.1. The van der Waals surface area contributed by atoms with E-state index in [0.717, 1.165) is 46.4 Å². The maximum atomic E-state index is 13.4. The van der Waals surface area contributed by atoms with Gasteiger partial charge in [-0.1, -0.05) is 36.4 Å². The lowest BCUT2D eigenvalue weighted by Gasteiger charge is -2.22. The molecular formula is C29H22F3NO6. The van der Waals surface area contributed by atoms with Crippen LogP contribution < -0.4 is 4.74 Å². The lowest BCUT2D eigenvalue weighted by molar-refractivity contribution is -0.274. The number of rotatable bonds is 6. The van der Waals surface area contributed by atoms with Crippen molar-refractivity contribution in [2.45, 2.75) is 25.6 Å². The Labute approximate surface area is 220 Å². The summed E-state index contributed by atoms with van der Waals surface area (Å²) >= 11 is 0. The number of nitrogens with zero attached hydrogens (tertiary/aromatic N) is 1. The Morgan fingerprint density at radius 2 is 1.54 bits per heavy atom. The minimum atomic E-state index is -4.84. The quantitative estimate of drug-likeness (QED) is 0.232. The van der Waals surface area contributed by atoms with Crippen LogP contribution in [0.5, 0.6) is 5.75 Å². The molecule has 7 nitrogen and oxygen atoms in total. The van der Waals surface area contributed by atoms with Crippen molar-refractivity contribution < 1.29 is 41.8 Å². The molecule has 1 unspecified atom stereocenters. The molecule has 200 valence electrons. The number of carbonyl (C=O) groups excluding carboxylic acids is 3. The van der Waals surface area contributed by atoms with E-state index < -0.39 is 36.8 Å². The number of ether oxygens (including phenoxy) is 3. The van der Waals surface area contributed by atoms with Gasteiger partial charge in [0, 0.05) is 16.6 Å². The third-order valence-corrected chi connectivity index (χ3v) is 6.54. The van der Waals surface area contributed by atoms with Gasteiger partial charge in [0.1, 0.15) is 5.75 Å². The van der Waals surface area contributed by atoms with Gasteiger partial charge in [0.2, 0.25) is 6.79 Å². The van der Waals surface area contributed by atoms with Crippen LogP contribution >= 0.6 is 0 Å². The van der Waals surface area contributed by atoms with Gasteiger partial charge in [0.05, 0.1) is 17.0 Å². The molecule has 0 aliphatic heterocycles. The van der Waals surface area contributed by atoms with Crippen molar-refractivity contribution in [3.8, 4) is 5.75 Å². The molecule has 1 aromatic heterocycles. The van der Waals surface area contributed by atoms with Crippen LogP contribution in [0.1, 0.15) is 38.4 Å². The van der Waals surface area contributed by atoms with Gasteiger partial charge in [0.25, 0.3) is 5.91 Å². The minimum absolute atomic E-state index is 0.0289. The van der Waals surface area contributed by atoms with Gasteiger partial charge in [-0.3, -0.25) is 14.2 Å². The molecule has 39 heavy (non-hydrogen) atoms. The third kappa shape index (κ3) is 5.64. The monoisotopic (exact) mass is 537 g/mol. The second kappa shape index (κ2) is 10.6. The molecule has 0 radical (unpaired) electrons. The molecule has 3 aromatic carbocycles. The van der Waals surface area contributed by atoms with Crippen molar-refractivity contribution in [1.29, 1.82) is 0 Å². The molecule has 5 rings (SSSR count). The molecule has 0 spiro atoms. The summed E-state index contributed by atoms with van der Waals surface area (Å²) in [7, 11) is 0. The second-order valence-electron chi connectivity index (χ2n) is 8.97. The number of esters is 2. The first-order chi connectivity index (χ1) is 18.7. The molecule has 0 fully saturated rings. The highest BCUT2D eigenvalue weighted by Gasteiger charge is 2.33. The molecule has 4 aromatic rings. The van der Waals surface area contributed by atoms with Crippen LogP contribution in [0.25, 0.3) is 10.9 Å². The van der Waals surface area contributed by atoms with Crippen LogP contribution in [-0.2, 0) is 27.1 Å². The Morgan fingerprint density at radius 1 is 0.846 bits per heavy atom. The van der Waals surface area contributed by atoms with E-state index >= 15 is 0 Å². The lowest BCUT2D eigenvalue weighted by Crippen LogP contribution is -2.27. The zero-order chi connectivity index (χ0) is 27.6. The van der Waals surface area contributed by atoms with Crippen LogP contribution in [0.3, 0.4) is 0 Å². The van der Waals surface area contributed by atoms with Gasteiger partial charge in [-0.15, -0.1) is 13.2 Å². The predicted octanol–water partition coefficient (Wildman–Crippen LogP) is 5.69. The van der Waals surface area contributed by atoms with Crippen LogP contribution in [0, 0.1) is 5.92 Å². The maximum absolute atomic E-state index is 13.4. The van der Waals surface area contributed by atoms with Crippen molar-refractivity contribution in [2.24, 2.45) is 5.92 Å². The Balaban J connectivity index is 1.23. The number of fused-ring (bicyclic) bond motifs is 3. The molecule has 1 aliphatic carbocycles. The smallest absolute Gasteiger partial charge is 0.428 e. The number of hydrogen-bond acceptors (Lipinski definition) is 6. The van der Waals surface area contributed by atoms with Gasteiger partial charge < -0.3 is 14.2 Å². The minimum Gasteiger partial charge on any atom is -0.428 e. The van der Waals surface area contributed by atoms with E-state index in [9.17, 15) is 27.6 Å². The van der Waals surface area contributed by atoms with Gasteiger partial charge in [-0.2, -0.15) is 0 Å². The van der Waals surface area contributed by atoms with E-state index in [1.54, 1.807) is 16.7 Å². The predicted molar refractivity (Wildman–Crippen MR) is 133 cm³/mol. The fourth-order valence-corrected chi connectivity index (χ4v) is 4.79. The summed E-state index contributed by atoms with van der Waals surface area (Å²) in [6.07, 6.45) is -3.56. The second-order valence-corrected chi connectivity index (χ2v) is 8.97. The summed E-state index contributed by atoms with van der Waals surface area (Å²) in [5.74, 6) is -2.53. The first kappa shape index (κ1) is 26.0. The van der Waals surface area contributed by atoms with Crippen LogP contribution in [-0.4, -0.2) is 35.6 Å². The van der Waals surface area contributed by atoms with Gasteiger partial charge in [-0.05, 0) is 67.3 Å². The number of carbonyl (C=O) groups is 3. The van der Waals surface area contributed by atoms with Crippen molar-refractivity contribution in [3.05, 3.63) is 101 Å². The SMILES string of the molecule is O=C(OCOC(=O)C1CCc2c(c3ccccc3n2C(=O)c2ccccc2)C1)c1ccc(OC(F)(F)F)cc1. The Bertz CT molecular complexity index is 1530. The number of hydrogen-bond donors (Lipinski definition) is 0. The number of benzene rings is 3. The molecule has 0 saturated heterocycles. The molecule has 0 saturated carbocycles. The van der Waals surface area contributed by atoms with Crippen molar-refractivity contribution in [3.63, 3.8) is 0 Å². The highest BCUT2D eigenvalue weighted by atomic mass is 19.4. The summed E-state index contributed by atoms with van der Waals surface area (Å²) in [6, 6.07) is 20.7. The highest BCUT2D eigenvalue weighted by molar-refractivity contribution is 6.04. The summed E-state index contributed by atoms with van der Waals surface area (Å²) in [6.45, 7) is -0.643. The number of halogens is 3. The van der Waals surface area contributed by atoms with Crippen molar-refractivity contribution >= 4 is 28.7 Å². The Hall–Kier alpha value is -4.60. The summed E-state index contributed by atoms with van der Waals surface area (Å²) < 4.78 is 52.5. The van der Waals surface area contributed by atoms with Crippen LogP contribution in [0.2, 0.25) is 0 Å². The van der Waals surface area contributed by atoms with E-state index in [-0.39, 0.29) is 11.5 Å². The summed E-state index contributed by atoms with van der Waals surface area (Å²) in [5, 5.41) is 0.888. The van der Waals surface area contributed by atoms with E-state index in [1.807, 2.05) is 42.5 Å². The van der Waals surface area contributed by atoms with Gasteiger partial charge in [-0.25, -0.2) is 4.79 Å². The van der Waals surface area contributed by atoms with Crippen LogP contribution in [0.4, 0.5) is 13.2 Å². The van der Waals surface area contributed by atoms with E-state index in [4.69, 9.17) is 9.47 Å². The summed E-state index contributed by atoms with van der Waals surface area (Å²) in [4.78, 5) is 38.3. The maximum Gasteiger partial charge on any atom is 0.573 e. The Morgan fingerprint density at radius 3 is 2.26 bits per heavy atom. The number of aromatic nitrogens is 1. The Kier molecular flexibility index (Phi) is 7.10. The highest BCUT2D eigenvalue weighted by Crippen LogP contribution is 2.35. The van der Waals surface area contributed by atoms with Crippen LogP contribution in [0.15, 0.2) is 78.9 Å². The first-order valence-electron chi connectivity index (χ1n) is 12.1. The molecule has 1 atom stereocenters. The standard InChI is InChI=1S/C29H22F3NO6/c30-29(31,32)39-21-13-10-19(11-14-21)27(35)37-17-38-28(36)20-12-15-25-23(16-20)22-8-4-5-9-24(22)33(25)26(34)18-6-2-1-3-7-18/h1-11,13-14,20H,12,15-17H2. The third-order valence-electron chi connectivity index (χ3n) is 6.54. The average molecular weight is 537 g/mol. The molecular weight excluding hydrogens is 515 g/mol. The zero-order valence-corrected chi connectivity index (χ0v) is 20.4. The van der Waals surface area contributed by atoms with Gasteiger partial charge in [0.15, 0.2) is 0 Å². The number of para-hydroxylation sites is 1. The van der Waals surface area contributed by atoms with E-state index in [2.05, 4.69) is 4.74 Å². The molecule has 0 amide bonds. The molecule has 0 bridgehead atoms. The fourth-order valence-electron chi connectivity index (χ4n) is 4.79. The molecule has 1 aliphatic rings. The molecule has 1 heterocycles. The zero-order valence-electron chi connectivity index (χ0n) is 20.4. The number of alkyl halides is 3. The normalized spacial score (nSPS) is 14.9. The van der Waals surface area contributed by atoms with E-state index in [0.29, 0.717) is 24.8 Å².